The Morgan fingerprint density at radius 3 is 3.00 bits per heavy atom. The summed E-state index contributed by atoms with van der Waals surface area (Å²) in [5.74, 6) is 1.67. The van der Waals surface area contributed by atoms with Crippen molar-refractivity contribution in [1.82, 2.24) is 9.97 Å². The lowest BCUT2D eigenvalue weighted by Crippen LogP contribution is -2.03. The molecule has 3 heteroatoms. The molecule has 12 heavy (non-hydrogen) atoms. The third kappa shape index (κ3) is 3.42. The molecule has 0 saturated heterocycles. The predicted molar refractivity (Wildman–Crippen MR) is 51.1 cm³/mol. The fourth-order valence-electron chi connectivity index (χ4n) is 1.08. The van der Waals surface area contributed by atoms with Crippen LogP contribution in [0.15, 0.2) is 12.4 Å². The van der Waals surface area contributed by atoms with Crippen molar-refractivity contribution in [3.8, 4) is 0 Å². The summed E-state index contributed by atoms with van der Waals surface area (Å²) < 4.78 is 0. The van der Waals surface area contributed by atoms with Gasteiger partial charge in [-0.25, -0.2) is 4.98 Å². The molecule has 0 amide bonds. The van der Waals surface area contributed by atoms with Crippen LogP contribution in [0.4, 0.5) is 5.95 Å². The standard InChI is InChI=1S/C9H17N3/c1-8(2)4-3-5-10-9-11-6-7-12-9/h6-8H,3-5H2,1-2H3,(H2,10,11,12). The van der Waals surface area contributed by atoms with Crippen molar-refractivity contribution in [3.63, 3.8) is 0 Å². The Hall–Kier alpha value is -0.990. The van der Waals surface area contributed by atoms with Crippen LogP contribution in [0.25, 0.3) is 0 Å². The van der Waals surface area contributed by atoms with Crippen LogP contribution in [0.1, 0.15) is 26.7 Å². The number of nitrogens with one attached hydrogen (secondary N) is 2. The molecular weight excluding hydrogens is 150 g/mol. The van der Waals surface area contributed by atoms with Gasteiger partial charge in [0.25, 0.3) is 0 Å². The zero-order valence-electron chi connectivity index (χ0n) is 7.80. The Balaban J connectivity index is 2.04. The van der Waals surface area contributed by atoms with E-state index in [1.807, 2.05) is 6.20 Å². The zero-order chi connectivity index (χ0) is 8.81. The Labute approximate surface area is 73.6 Å². The van der Waals surface area contributed by atoms with E-state index in [2.05, 4.69) is 29.1 Å². The van der Waals surface area contributed by atoms with Crippen molar-refractivity contribution >= 4 is 5.95 Å². The molecule has 2 N–H and O–H groups in total. The van der Waals surface area contributed by atoms with Crippen LogP contribution in [0.3, 0.4) is 0 Å². The summed E-state index contributed by atoms with van der Waals surface area (Å²) in [6, 6.07) is 0. The highest BCUT2D eigenvalue weighted by Crippen LogP contribution is 2.03. The topological polar surface area (TPSA) is 40.7 Å². The number of nitrogens with zero attached hydrogens (tertiary/aromatic N) is 1. The van der Waals surface area contributed by atoms with E-state index in [-0.39, 0.29) is 0 Å². The number of H-pyrrole nitrogens is 1. The third-order valence-electron chi connectivity index (χ3n) is 1.75. The number of rotatable bonds is 5. The van der Waals surface area contributed by atoms with E-state index in [0.717, 1.165) is 18.4 Å². The van der Waals surface area contributed by atoms with E-state index in [1.54, 1.807) is 6.20 Å². The molecule has 68 valence electrons. The molecule has 0 radical (unpaired) electrons. The third-order valence-corrected chi connectivity index (χ3v) is 1.75. The molecule has 0 fully saturated rings. The molecule has 1 aromatic heterocycles. The van der Waals surface area contributed by atoms with E-state index in [0.29, 0.717) is 0 Å². The highest BCUT2D eigenvalue weighted by atomic mass is 15.1. The smallest absolute Gasteiger partial charge is 0.200 e. The summed E-state index contributed by atoms with van der Waals surface area (Å²) in [4.78, 5) is 7.07. The van der Waals surface area contributed by atoms with Gasteiger partial charge in [0.05, 0.1) is 0 Å². The maximum Gasteiger partial charge on any atom is 0.200 e. The van der Waals surface area contributed by atoms with Gasteiger partial charge in [-0.3, -0.25) is 0 Å². The molecule has 0 spiro atoms. The first-order valence-corrected chi connectivity index (χ1v) is 4.52. The maximum absolute atomic E-state index is 4.07. The zero-order valence-corrected chi connectivity index (χ0v) is 7.80. The average molecular weight is 167 g/mol. The molecule has 0 atom stereocenters. The molecule has 1 heterocycles. The Kier molecular flexibility index (Phi) is 3.64. The van der Waals surface area contributed by atoms with E-state index >= 15 is 0 Å². The second kappa shape index (κ2) is 4.80. The molecule has 3 nitrogen and oxygen atoms in total. The number of imidazole rings is 1. The van der Waals surface area contributed by atoms with Gasteiger partial charge in [-0.2, -0.15) is 0 Å². The summed E-state index contributed by atoms with van der Waals surface area (Å²) in [5, 5.41) is 3.21. The van der Waals surface area contributed by atoms with Crippen LogP contribution < -0.4 is 5.32 Å². The van der Waals surface area contributed by atoms with Crippen molar-refractivity contribution < 1.29 is 0 Å². The largest absolute Gasteiger partial charge is 0.356 e. The highest BCUT2D eigenvalue weighted by molar-refractivity contribution is 5.22. The molecule has 1 rings (SSSR count). The van der Waals surface area contributed by atoms with E-state index in [4.69, 9.17) is 0 Å². The molecule has 0 aliphatic heterocycles. The normalized spacial score (nSPS) is 10.6. The highest BCUT2D eigenvalue weighted by Gasteiger charge is 1.94. The van der Waals surface area contributed by atoms with Crippen molar-refractivity contribution in [1.29, 1.82) is 0 Å². The van der Waals surface area contributed by atoms with Crippen molar-refractivity contribution in [3.05, 3.63) is 12.4 Å². The van der Waals surface area contributed by atoms with Crippen LogP contribution in [-0.4, -0.2) is 16.5 Å². The predicted octanol–water partition coefficient (Wildman–Crippen LogP) is 2.26. The van der Waals surface area contributed by atoms with Crippen LogP contribution in [-0.2, 0) is 0 Å². The fraction of sp³-hybridized carbons (Fsp3) is 0.667. The number of aromatic nitrogens is 2. The number of hydrogen-bond donors (Lipinski definition) is 2. The summed E-state index contributed by atoms with van der Waals surface area (Å²) in [7, 11) is 0. The van der Waals surface area contributed by atoms with Gasteiger partial charge in [0.15, 0.2) is 5.95 Å². The quantitative estimate of drug-likeness (QED) is 0.660. The maximum atomic E-state index is 4.07. The van der Waals surface area contributed by atoms with E-state index in [1.165, 1.54) is 12.8 Å². The van der Waals surface area contributed by atoms with Crippen LogP contribution in [0, 0.1) is 5.92 Å². The van der Waals surface area contributed by atoms with Gasteiger partial charge in [-0.05, 0) is 18.8 Å². The summed E-state index contributed by atoms with van der Waals surface area (Å²) >= 11 is 0. The minimum absolute atomic E-state index is 0.795. The molecule has 0 aliphatic carbocycles. The fourth-order valence-corrected chi connectivity index (χ4v) is 1.08. The summed E-state index contributed by atoms with van der Waals surface area (Å²) in [6.07, 6.45) is 6.06. The Morgan fingerprint density at radius 2 is 2.42 bits per heavy atom. The van der Waals surface area contributed by atoms with E-state index in [9.17, 15) is 0 Å². The molecule has 0 bridgehead atoms. The minimum atomic E-state index is 0.795. The first-order valence-electron chi connectivity index (χ1n) is 4.52. The first-order chi connectivity index (χ1) is 5.79. The van der Waals surface area contributed by atoms with Gasteiger partial charge in [0.1, 0.15) is 0 Å². The Bertz CT molecular complexity index is 192. The van der Waals surface area contributed by atoms with Gasteiger partial charge in [0.2, 0.25) is 0 Å². The second-order valence-corrected chi connectivity index (χ2v) is 3.40. The number of hydrogen-bond acceptors (Lipinski definition) is 2. The van der Waals surface area contributed by atoms with Gasteiger partial charge < -0.3 is 10.3 Å². The monoisotopic (exact) mass is 167 g/mol. The Morgan fingerprint density at radius 1 is 1.58 bits per heavy atom. The lowest BCUT2D eigenvalue weighted by Gasteiger charge is -2.04. The molecular formula is C9H17N3. The van der Waals surface area contributed by atoms with Crippen molar-refractivity contribution in [2.45, 2.75) is 26.7 Å². The molecule has 0 aliphatic rings. The SMILES string of the molecule is CC(C)CCCNc1ncc[nH]1. The van der Waals surface area contributed by atoms with Gasteiger partial charge in [0, 0.05) is 18.9 Å². The van der Waals surface area contributed by atoms with Gasteiger partial charge in [-0.15, -0.1) is 0 Å². The van der Waals surface area contributed by atoms with Crippen LogP contribution in [0.5, 0.6) is 0 Å². The lowest BCUT2D eigenvalue weighted by molar-refractivity contribution is 0.566. The van der Waals surface area contributed by atoms with Gasteiger partial charge >= 0.3 is 0 Å². The van der Waals surface area contributed by atoms with Crippen LogP contribution >= 0.6 is 0 Å². The van der Waals surface area contributed by atoms with Gasteiger partial charge in [-0.1, -0.05) is 13.8 Å². The molecule has 0 aromatic carbocycles. The van der Waals surface area contributed by atoms with E-state index < -0.39 is 0 Å². The van der Waals surface area contributed by atoms with Crippen molar-refractivity contribution in [2.75, 3.05) is 11.9 Å². The molecule has 0 saturated carbocycles. The van der Waals surface area contributed by atoms with Crippen LogP contribution in [0.2, 0.25) is 0 Å². The molecule has 0 unspecified atom stereocenters. The summed E-state index contributed by atoms with van der Waals surface area (Å²) in [5.41, 5.74) is 0. The number of anilines is 1. The number of aromatic amines is 1. The second-order valence-electron chi connectivity index (χ2n) is 3.40. The average Bonchev–Trinajstić information content (AvgIpc) is 2.49. The first kappa shape index (κ1) is 9.10. The minimum Gasteiger partial charge on any atom is -0.356 e. The lowest BCUT2D eigenvalue weighted by atomic mass is 10.1. The molecule has 1 aromatic rings. The summed E-state index contributed by atoms with van der Waals surface area (Å²) in [6.45, 7) is 5.49. The van der Waals surface area contributed by atoms with Crippen molar-refractivity contribution in [2.24, 2.45) is 5.92 Å².